The number of ether oxygens (including phenoxy) is 1. The third-order valence-electron chi connectivity index (χ3n) is 4.65. The van der Waals surface area contributed by atoms with E-state index in [2.05, 4.69) is 32.8 Å². The normalized spacial score (nSPS) is 16.4. The highest BCUT2D eigenvalue weighted by molar-refractivity contribution is 5.95. The molecule has 1 amide bonds. The summed E-state index contributed by atoms with van der Waals surface area (Å²) < 4.78 is 7.06. The van der Waals surface area contributed by atoms with Gasteiger partial charge in [-0.2, -0.15) is 5.10 Å². The van der Waals surface area contributed by atoms with E-state index in [-0.39, 0.29) is 5.91 Å². The third kappa shape index (κ3) is 4.91. The molecule has 0 spiro atoms. The fourth-order valence-corrected chi connectivity index (χ4v) is 3.12. The maximum Gasteiger partial charge on any atom is 0.246 e. The van der Waals surface area contributed by atoms with E-state index in [4.69, 9.17) is 4.74 Å². The van der Waals surface area contributed by atoms with Crippen LogP contribution in [0.15, 0.2) is 36.7 Å². The number of hydrogen-bond donors (Lipinski definition) is 2. The van der Waals surface area contributed by atoms with Gasteiger partial charge in [-0.15, -0.1) is 0 Å². The molecule has 1 atom stereocenters. The number of likely N-dealkylation sites (N-methyl/N-ethyl adjacent to an activating group) is 1. The number of anilines is 1. The molecule has 26 heavy (non-hydrogen) atoms. The number of aromatic nitrogens is 2. The number of carbonyl (C=O) groups is 1. The van der Waals surface area contributed by atoms with Crippen molar-refractivity contribution in [3.8, 4) is 0 Å². The number of nitrogens with zero attached hydrogens (tertiary/aromatic N) is 3. The van der Waals surface area contributed by atoms with Crippen LogP contribution in [0, 0.1) is 0 Å². The summed E-state index contributed by atoms with van der Waals surface area (Å²) in [7, 11) is 3.61. The number of morpholine rings is 1. The van der Waals surface area contributed by atoms with Gasteiger partial charge >= 0.3 is 0 Å². The number of carbonyl (C=O) groups excluding carboxylic acids is 1. The lowest BCUT2D eigenvalue weighted by Crippen LogP contribution is -2.37. The molecule has 0 bridgehead atoms. The first-order valence-electron chi connectivity index (χ1n) is 9.01. The van der Waals surface area contributed by atoms with Crippen LogP contribution in [-0.2, 0) is 23.0 Å². The van der Waals surface area contributed by atoms with Gasteiger partial charge in [0, 0.05) is 44.1 Å². The largest absolute Gasteiger partial charge is 0.379 e. The molecule has 1 aromatic carbocycles. The Hall–Kier alpha value is -2.22. The molecule has 7 heteroatoms. The van der Waals surface area contributed by atoms with Crippen molar-refractivity contribution >= 4 is 11.6 Å². The van der Waals surface area contributed by atoms with Crippen LogP contribution < -0.4 is 10.6 Å². The first kappa shape index (κ1) is 18.6. The van der Waals surface area contributed by atoms with Crippen molar-refractivity contribution < 1.29 is 9.53 Å². The summed E-state index contributed by atoms with van der Waals surface area (Å²) in [4.78, 5) is 15.0. The van der Waals surface area contributed by atoms with Gasteiger partial charge in [-0.3, -0.25) is 14.4 Å². The molecule has 3 rings (SSSR count). The van der Waals surface area contributed by atoms with E-state index in [1.165, 1.54) is 5.56 Å². The van der Waals surface area contributed by atoms with Gasteiger partial charge in [0.05, 0.1) is 19.4 Å². The summed E-state index contributed by atoms with van der Waals surface area (Å²) in [5.74, 6) is -0.0958. The summed E-state index contributed by atoms with van der Waals surface area (Å²) in [6.45, 7) is 4.71. The Morgan fingerprint density at radius 3 is 2.62 bits per heavy atom. The number of aryl methyl sites for hydroxylation is 1. The second-order valence-electron chi connectivity index (χ2n) is 6.56. The van der Waals surface area contributed by atoms with Crippen molar-refractivity contribution in [2.45, 2.75) is 12.5 Å². The molecule has 1 aliphatic heterocycles. The van der Waals surface area contributed by atoms with Crippen LogP contribution >= 0.6 is 0 Å². The number of amides is 1. The smallest absolute Gasteiger partial charge is 0.246 e. The second-order valence-corrected chi connectivity index (χ2v) is 6.56. The van der Waals surface area contributed by atoms with E-state index in [0.29, 0.717) is 0 Å². The molecule has 1 aromatic heterocycles. The first-order valence-corrected chi connectivity index (χ1v) is 9.01. The zero-order valence-corrected chi connectivity index (χ0v) is 15.4. The summed E-state index contributed by atoms with van der Waals surface area (Å²) in [5.41, 5.74) is 2.91. The lowest BCUT2D eigenvalue weighted by atomic mass is 10.1. The Labute approximate surface area is 154 Å². The molecule has 1 unspecified atom stereocenters. The Bertz CT molecular complexity index is 707. The summed E-state index contributed by atoms with van der Waals surface area (Å²) in [6.07, 6.45) is 4.55. The number of hydrogen-bond acceptors (Lipinski definition) is 5. The predicted octanol–water partition coefficient (Wildman–Crippen LogP) is 1.19. The van der Waals surface area contributed by atoms with E-state index < -0.39 is 6.04 Å². The van der Waals surface area contributed by atoms with Gasteiger partial charge in [0.15, 0.2) is 0 Å². The molecule has 140 valence electrons. The van der Waals surface area contributed by atoms with Crippen LogP contribution in [0.3, 0.4) is 0 Å². The maximum absolute atomic E-state index is 12.5. The molecule has 2 aromatic rings. The monoisotopic (exact) mass is 357 g/mol. The van der Waals surface area contributed by atoms with E-state index in [1.807, 2.05) is 25.4 Å². The van der Waals surface area contributed by atoms with Gasteiger partial charge in [-0.25, -0.2) is 0 Å². The van der Waals surface area contributed by atoms with Gasteiger partial charge in [-0.05, 0) is 31.2 Å². The zero-order chi connectivity index (χ0) is 18.4. The van der Waals surface area contributed by atoms with Crippen LogP contribution in [-0.4, -0.2) is 60.5 Å². The van der Waals surface area contributed by atoms with E-state index >= 15 is 0 Å². The zero-order valence-electron chi connectivity index (χ0n) is 15.4. The molecule has 0 radical (unpaired) electrons. The molecule has 2 N–H and O–H groups in total. The van der Waals surface area contributed by atoms with Crippen molar-refractivity contribution in [1.29, 1.82) is 0 Å². The highest BCUT2D eigenvalue weighted by Gasteiger charge is 2.20. The molecule has 1 saturated heterocycles. The van der Waals surface area contributed by atoms with Crippen molar-refractivity contribution in [2.24, 2.45) is 7.05 Å². The number of rotatable bonds is 7. The van der Waals surface area contributed by atoms with Gasteiger partial charge in [-0.1, -0.05) is 12.1 Å². The van der Waals surface area contributed by atoms with Crippen LogP contribution in [0.2, 0.25) is 0 Å². The summed E-state index contributed by atoms with van der Waals surface area (Å²) in [6, 6.07) is 7.65. The van der Waals surface area contributed by atoms with Crippen molar-refractivity contribution in [3.63, 3.8) is 0 Å². The fraction of sp³-hybridized carbons (Fsp3) is 0.474. The van der Waals surface area contributed by atoms with Crippen LogP contribution in [0.25, 0.3) is 0 Å². The van der Waals surface area contributed by atoms with Gasteiger partial charge in [0.1, 0.15) is 6.04 Å². The second kappa shape index (κ2) is 8.93. The van der Waals surface area contributed by atoms with Crippen molar-refractivity contribution in [2.75, 3.05) is 45.2 Å². The Balaban J connectivity index is 1.53. The summed E-state index contributed by atoms with van der Waals surface area (Å²) >= 11 is 0. The minimum absolute atomic E-state index is 0.0958. The van der Waals surface area contributed by atoms with Crippen molar-refractivity contribution in [3.05, 3.63) is 47.8 Å². The lowest BCUT2D eigenvalue weighted by Gasteiger charge is -2.26. The molecule has 0 aliphatic carbocycles. The van der Waals surface area contributed by atoms with Crippen LogP contribution in [0.1, 0.15) is 17.2 Å². The van der Waals surface area contributed by atoms with Gasteiger partial charge in [0.2, 0.25) is 5.91 Å². The average Bonchev–Trinajstić information content (AvgIpc) is 3.08. The molecular weight excluding hydrogens is 330 g/mol. The molecule has 1 aliphatic rings. The Morgan fingerprint density at radius 2 is 2.00 bits per heavy atom. The minimum atomic E-state index is -0.426. The highest BCUT2D eigenvalue weighted by Crippen LogP contribution is 2.16. The third-order valence-corrected chi connectivity index (χ3v) is 4.65. The lowest BCUT2D eigenvalue weighted by molar-refractivity contribution is -0.118. The topological polar surface area (TPSA) is 71.4 Å². The Morgan fingerprint density at radius 1 is 1.27 bits per heavy atom. The molecule has 1 fully saturated rings. The standard InChI is InChI=1S/C19H27N5O2/c1-20-18(16-13-21-23(2)14-16)19(25)22-17-5-3-15(4-6-17)7-8-24-9-11-26-12-10-24/h3-6,13-14,18,20H,7-12H2,1-2H3,(H,22,25). The van der Waals surface area contributed by atoms with E-state index in [0.717, 1.165) is 50.5 Å². The minimum Gasteiger partial charge on any atom is -0.379 e. The van der Waals surface area contributed by atoms with Gasteiger partial charge in [0.25, 0.3) is 0 Å². The van der Waals surface area contributed by atoms with E-state index in [9.17, 15) is 4.79 Å². The number of benzene rings is 1. The predicted molar refractivity (Wildman–Crippen MR) is 101 cm³/mol. The molecular formula is C19H27N5O2. The first-order chi connectivity index (χ1) is 12.7. The van der Waals surface area contributed by atoms with Crippen LogP contribution in [0.4, 0.5) is 5.69 Å². The Kier molecular flexibility index (Phi) is 6.38. The van der Waals surface area contributed by atoms with Crippen LogP contribution in [0.5, 0.6) is 0 Å². The molecule has 2 heterocycles. The number of nitrogens with one attached hydrogen (secondary N) is 2. The average molecular weight is 357 g/mol. The highest BCUT2D eigenvalue weighted by atomic mass is 16.5. The maximum atomic E-state index is 12.5. The molecule has 0 saturated carbocycles. The van der Waals surface area contributed by atoms with Gasteiger partial charge < -0.3 is 15.4 Å². The molecule has 7 nitrogen and oxygen atoms in total. The quantitative estimate of drug-likeness (QED) is 0.779. The SMILES string of the molecule is CNC(C(=O)Nc1ccc(CCN2CCOCC2)cc1)c1cnn(C)c1. The van der Waals surface area contributed by atoms with Crippen molar-refractivity contribution in [1.82, 2.24) is 20.0 Å². The summed E-state index contributed by atoms with van der Waals surface area (Å²) in [5, 5.41) is 10.1. The van der Waals surface area contributed by atoms with E-state index in [1.54, 1.807) is 17.9 Å². The fourth-order valence-electron chi connectivity index (χ4n) is 3.12.